The minimum Gasteiger partial charge on any atom is -0.493 e. The number of nitro groups is 1. The van der Waals surface area contributed by atoms with Gasteiger partial charge in [0.15, 0.2) is 17.3 Å². The number of likely N-dealkylation sites (N-methyl/N-ethyl adjacent to an activating group) is 1. The molecule has 11 nitrogen and oxygen atoms in total. The maximum absolute atomic E-state index is 11.3. The smallest absolute Gasteiger partial charge is 0.270 e. The molecule has 0 aliphatic heterocycles. The van der Waals surface area contributed by atoms with Crippen molar-refractivity contribution in [3.8, 4) is 22.9 Å². The van der Waals surface area contributed by atoms with Crippen LogP contribution in [0.25, 0.3) is 22.3 Å². The molecule has 0 unspecified atom stereocenters. The van der Waals surface area contributed by atoms with E-state index >= 15 is 0 Å². The van der Waals surface area contributed by atoms with Crippen molar-refractivity contribution in [1.29, 1.82) is 5.41 Å². The minimum absolute atomic E-state index is 0.0629. The quantitative estimate of drug-likeness (QED) is 0.124. The van der Waals surface area contributed by atoms with E-state index in [-0.39, 0.29) is 5.69 Å². The molecule has 1 aromatic heterocycles. The zero-order valence-corrected chi connectivity index (χ0v) is 20.7. The molecule has 3 aromatic carbocycles. The molecule has 0 amide bonds. The topological polar surface area (TPSA) is 153 Å². The summed E-state index contributed by atoms with van der Waals surface area (Å²) in [5.41, 5.74) is 8.61. The van der Waals surface area contributed by atoms with E-state index in [1.54, 1.807) is 49.6 Å². The Morgan fingerprint density at radius 1 is 1.14 bits per heavy atom. The van der Waals surface area contributed by atoms with Gasteiger partial charge in [0.25, 0.3) is 5.69 Å². The maximum Gasteiger partial charge on any atom is 0.270 e. The number of nitrogens with one attached hydrogen (secondary N) is 2. The standard InChI is InChI=1S/C26H27N7O4/c1-32(2)9-10-37-24-13-20-22(14-23(24)36-3)30-25(16-5-4-6-19(12-16)33(34)35)31-26(20)29-18-7-8-21(28)17(11-18)15-27/h4-8,11-15,27H,9-10,28H2,1-3H3,(H,29,30,31). The molecule has 0 aliphatic carbocycles. The summed E-state index contributed by atoms with van der Waals surface area (Å²) in [6, 6.07) is 14.9. The lowest BCUT2D eigenvalue weighted by Gasteiger charge is -2.16. The van der Waals surface area contributed by atoms with Crippen LogP contribution in [0.2, 0.25) is 0 Å². The van der Waals surface area contributed by atoms with Gasteiger partial charge >= 0.3 is 0 Å². The van der Waals surface area contributed by atoms with E-state index in [9.17, 15) is 10.1 Å². The fourth-order valence-corrected chi connectivity index (χ4v) is 3.64. The molecule has 0 atom stereocenters. The van der Waals surface area contributed by atoms with Gasteiger partial charge in [0.05, 0.1) is 17.5 Å². The molecule has 0 spiro atoms. The van der Waals surface area contributed by atoms with Crippen LogP contribution in [0, 0.1) is 15.5 Å². The summed E-state index contributed by atoms with van der Waals surface area (Å²) in [6.45, 7) is 1.16. The number of nitrogens with two attached hydrogens (primary N) is 1. The molecule has 190 valence electrons. The number of benzene rings is 3. The molecule has 11 heteroatoms. The average molecular weight is 502 g/mol. The number of rotatable bonds is 10. The molecule has 4 aromatic rings. The highest BCUT2D eigenvalue weighted by molar-refractivity contribution is 5.95. The molecule has 4 rings (SSSR count). The first-order chi connectivity index (χ1) is 17.8. The highest BCUT2D eigenvalue weighted by atomic mass is 16.6. The summed E-state index contributed by atoms with van der Waals surface area (Å²) in [6.07, 6.45) is 1.18. The van der Waals surface area contributed by atoms with Crippen LogP contribution >= 0.6 is 0 Å². The van der Waals surface area contributed by atoms with Crippen LogP contribution in [0.15, 0.2) is 54.6 Å². The van der Waals surface area contributed by atoms with Gasteiger partial charge in [-0.1, -0.05) is 12.1 Å². The van der Waals surface area contributed by atoms with Crippen LogP contribution in [0.3, 0.4) is 0 Å². The Morgan fingerprint density at radius 2 is 1.95 bits per heavy atom. The highest BCUT2D eigenvalue weighted by Gasteiger charge is 2.17. The number of non-ortho nitro benzene ring substituents is 1. The number of hydrogen-bond acceptors (Lipinski definition) is 10. The minimum atomic E-state index is -0.461. The number of hydrogen-bond donors (Lipinski definition) is 3. The van der Waals surface area contributed by atoms with Crippen molar-refractivity contribution in [3.63, 3.8) is 0 Å². The highest BCUT2D eigenvalue weighted by Crippen LogP contribution is 2.37. The van der Waals surface area contributed by atoms with Gasteiger partial charge in [0.1, 0.15) is 12.4 Å². The monoisotopic (exact) mass is 501 g/mol. The van der Waals surface area contributed by atoms with Gasteiger partial charge in [0, 0.05) is 58.8 Å². The number of nitrogens with zero attached hydrogens (tertiary/aromatic N) is 4. The number of anilines is 3. The molecular weight excluding hydrogens is 474 g/mol. The van der Waals surface area contributed by atoms with E-state index in [1.165, 1.54) is 18.3 Å². The third-order valence-corrected chi connectivity index (χ3v) is 5.60. The second-order valence-corrected chi connectivity index (χ2v) is 8.49. The van der Waals surface area contributed by atoms with Gasteiger partial charge in [-0.3, -0.25) is 10.1 Å². The molecule has 1 heterocycles. The molecular formula is C26H27N7O4. The lowest BCUT2D eigenvalue weighted by Crippen LogP contribution is -2.19. The van der Waals surface area contributed by atoms with Crippen LogP contribution in [0.5, 0.6) is 11.5 Å². The van der Waals surface area contributed by atoms with E-state index in [1.807, 2.05) is 19.0 Å². The Bertz CT molecular complexity index is 1470. The van der Waals surface area contributed by atoms with Gasteiger partial charge in [-0.15, -0.1) is 0 Å². The van der Waals surface area contributed by atoms with Gasteiger partial charge in [-0.25, -0.2) is 9.97 Å². The third kappa shape index (κ3) is 5.73. The average Bonchev–Trinajstić information content (AvgIpc) is 2.89. The number of nitrogen functional groups attached to an aromatic ring is 1. The Labute approximate surface area is 213 Å². The lowest BCUT2D eigenvalue weighted by atomic mass is 10.1. The number of aromatic nitrogens is 2. The Balaban J connectivity index is 1.87. The van der Waals surface area contributed by atoms with Gasteiger partial charge in [0.2, 0.25) is 0 Å². The molecule has 37 heavy (non-hydrogen) atoms. The Kier molecular flexibility index (Phi) is 7.44. The first-order valence-electron chi connectivity index (χ1n) is 11.4. The summed E-state index contributed by atoms with van der Waals surface area (Å²) in [5, 5.41) is 22.9. The van der Waals surface area contributed by atoms with Crippen molar-refractivity contribution in [2.45, 2.75) is 0 Å². The van der Waals surface area contributed by atoms with Crippen LogP contribution in [0.1, 0.15) is 5.56 Å². The van der Waals surface area contributed by atoms with E-state index in [2.05, 4.69) is 10.3 Å². The first-order valence-corrected chi connectivity index (χ1v) is 11.4. The van der Waals surface area contributed by atoms with Gasteiger partial charge in [-0.2, -0.15) is 0 Å². The lowest BCUT2D eigenvalue weighted by molar-refractivity contribution is -0.384. The van der Waals surface area contributed by atoms with Crippen LogP contribution in [-0.4, -0.2) is 60.4 Å². The zero-order chi connectivity index (χ0) is 26.5. The molecule has 0 aliphatic rings. The van der Waals surface area contributed by atoms with Crippen molar-refractivity contribution in [1.82, 2.24) is 14.9 Å². The fourth-order valence-electron chi connectivity index (χ4n) is 3.64. The SMILES string of the molecule is COc1cc2nc(-c3cccc([N+](=O)[O-])c3)nc(Nc3ccc(N)c(C=N)c3)c2cc1OCCN(C)C. The predicted octanol–water partition coefficient (Wildman–Crippen LogP) is 4.48. The summed E-state index contributed by atoms with van der Waals surface area (Å²) in [4.78, 5) is 22.3. The third-order valence-electron chi connectivity index (χ3n) is 5.60. The number of methoxy groups -OCH3 is 1. The molecule has 0 saturated carbocycles. The second-order valence-electron chi connectivity index (χ2n) is 8.49. The van der Waals surface area contributed by atoms with Crippen molar-refractivity contribution >= 4 is 40.0 Å². The summed E-state index contributed by atoms with van der Waals surface area (Å²) in [5.74, 6) is 1.78. The normalized spacial score (nSPS) is 10.9. The molecule has 0 saturated heterocycles. The molecule has 0 radical (unpaired) electrons. The van der Waals surface area contributed by atoms with E-state index in [4.69, 9.17) is 25.6 Å². The summed E-state index contributed by atoms with van der Waals surface area (Å²) in [7, 11) is 5.47. The van der Waals surface area contributed by atoms with Gasteiger partial charge in [-0.05, 0) is 38.4 Å². The van der Waals surface area contributed by atoms with Crippen molar-refractivity contribution < 1.29 is 14.4 Å². The number of fused-ring (bicyclic) bond motifs is 1. The zero-order valence-electron chi connectivity index (χ0n) is 20.7. The summed E-state index contributed by atoms with van der Waals surface area (Å²) >= 11 is 0. The summed E-state index contributed by atoms with van der Waals surface area (Å²) < 4.78 is 11.6. The predicted molar refractivity (Wildman–Crippen MR) is 144 cm³/mol. The maximum atomic E-state index is 11.3. The van der Waals surface area contributed by atoms with Crippen LogP contribution < -0.4 is 20.5 Å². The Morgan fingerprint density at radius 3 is 2.65 bits per heavy atom. The molecule has 4 N–H and O–H groups in total. The number of ether oxygens (including phenoxy) is 2. The second kappa shape index (κ2) is 10.9. The van der Waals surface area contributed by atoms with Crippen molar-refractivity contribution in [3.05, 3.63) is 70.3 Å². The van der Waals surface area contributed by atoms with E-state index in [0.717, 1.165) is 0 Å². The Hall–Kier alpha value is -4.77. The van der Waals surface area contributed by atoms with Crippen molar-refractivity contribution in [2.75, 3.05) is 45.4 Å². The first kappa shape index (κ1) is 25.3. The number of nitro benzene ring substituents is 1. The van der Waals surface area contributed by atoms with Crippen LogP contribution in [0.4, 0.5) is 22.9 Å². The van der Waals surface area contributed by atoms with E-state index in [0.29, 0.717) is 69.7 Å². The van der Waals surface area contributed by atoms with Crippen LogP contribution in [-0.2, 0) is 0 Å². The molecule has 0 fully saturated rings. The van der Waals surface area contributed by atoms with Crippen molar-refractivity contribution in [2.24, 2.45) is 0 Å². The van der Waals surface area contributed by atoms with Gasteiger partial charge < -0.3 is 30.8 Å². The fraction of sp³-hybridized carbons (Fsp3) is 0.192. The largest absolute Gasteiger partial charge is 0.493 e. The van der Waals surface area contributed by atoms with E-state index < -0.39 is 4.92 Å². The molecule has 0 bridgehead atoms.